The first kappa shape index (κ1) is 15.0. The molecule has 5 heteroatoms. The predicted octanol–water partition coefficient (Wildman–Crippen LogP) is 2.63. The molecule has 2 N–H and O–H groups in total. The maximum absolute atomic E-state index is 12.0. The van der Waals surface area contributed by atoms with Gasteiger partial charge in [0.2, 0.25) is 0 Å². The van der Waals surface area contributed by atoms with E-state index in [0.717, 1.165) is 16.8 Å². The zero-order chi connectivity index (χ0) is 14.4. The maximum atomic E-state index is 12.0. The second-order valence-electron chi connectivity index (χ2n) is 4.47. The van der Waals surface area contributed by atoms with E-state index in [0.29, 0.717) is 6.54 Å². The average Bonchev–Trinajstić information content (AvgIpc) is 2.33. The van der Waals surface area contributed by atoms with Gasteiger partial charge in [0.15, 0.2) is 0 Å². The van der Waals surface area contributed by atoms with Crippen LogP contribution in [0.2, 0.25) is 0 Å². The summed E-state index contributed by atoms with van der Waals surface area (Å²) in [5.74, 6) is -0.905. The number of amides is 2. The Hall–Kier alpha value is -2.04. The molecule has 5 nitrogen and oxygen atoms in total. The largest absolute Gasteiger partial charge is 0.481 e. The van der Waals surface area contributed by atoms with Crippen molar-refractivity contribution in [2.75, 3.05) is 18.4 Å². The minimum atomic E-state index is -0.905. The van der Waals surface area contributed by atoms with Gasteiger partial charge in [-0.05, 0) is 32.4 Å². The first-order valence-corrected chi connectivity index (χ1v) is 6.29. The summed E-state index contributed by atoms with van der Waals surface area (Å²) in [7, 11) is 0. The Balaban J connectivity index is 2.68. The van der Waals surface area contributed by atoms with Gasteiger partial charge in [-0.2, -0.15) is 0 Å². The molecule has 19 heavy (non-hydrogen) atoms. The molecule has 1 rings (SSSR count). The van der Waals surface area contributed by atoms with E-state index in [1.165, 1.54) is 4.90 Å². The Morgan fingerprint density at radius 3 is 2.53 bits per heavy atom. The highest BCUT2D eigenvalue weighted by Crippen LogP contribution is 2.16. The van der Waals surface area contributed by atoms with Crippen LogP contribution in [-0.2, 0) is 4.79 Å². The molecule has 0 aliphatic heterocycles. The number of aryl methyl sites for hydroxylation is 2. The summed E-state index contributed by atoms with van der Waals surface area (Å²) in [6.45, 7) is 6.43. The summed E-state index contributed by atoms with van der Waals surface area (Å²) in [6.07, 6.45) is -0.0475. The summed E-state index contributed by atoms with van der Waals surface area (Å²) < 4.78 is 0. The number of nitrogens with zero attached hydrogens (tertiary/aromatic N) is 1. The number of anilines is 1. The molecule has 1 aromatic carbocycles. The summed E-state index contributed by atoms with van der Waals surface area (Å²) in [5.41, 5.74) is 2.88. The molecule has 0 saturated carbocycles. The number of aliphatic carboxylic acids is 1. The van der Waals surface area contributed by atoms with Crippen LogP contribution < -0.4 is 5.32 Å². The third-order valence-electron chi connectivity index (χ3n) is 2.89. The van der Waals surface area contributed by atoms with Crippen LogP contribution in [0, 0.1) is 13.8 Å². The Labute approximate surface area is 113 Å². The predicted molar refractivity (Wildman–Crippen MR) is 74.4 cm³/mol. The third kappa shape index (κ3) is 4.62. The van der Waals surface area contributed by atoms with Crippen molar-refractivity contribution in [3.05, 3.63) is 29.3 Å². The summed E-state index contributed by atoms with van der Waals surface area (Å²) >= 11 is 0. The zero-order valence-corrected chi connectivity index (χ0v) is 11.6. The van der Waals surface area contributed by atoms with Gasteiger partial charge in [0, 0.05) is 18.8 Å². The summed E-state index contributed by atoms with van der Waals surface area (Å²) in [6, 6.07) is 5.50. The van der Waals surface area contributed by atoms with Gasteiger partial charge in [0.1, 0.15) is 0 Å². The van der Waals surface area contributed by atoms with Gasteiger partial charge < -0.3 is 15.3 Å². The highest BCUT2D eigenvalue weighted by atomic mass is 16.4. The van der Waals surface area contributed by atoms with E-state index < -0.39 is 5.97 Å². The van der Waals surface area contributed by atoms with Crippen LogP contribution in [0.3, 0.4) is 0 Å². The molecule has 0 fully saturated rings. The fraction of sp³-hybridized carbons (Fsp3) is 0.429. The molecule has 0 aliphatic rings. The van der Waals surface area contributed by atoms with E-state index in [-0.39, 0.29) is 19.0 Å². The Bertz CT molecular complexity index is 472. The number of carbonyl (C=O) groups excluding carboxylic acids is 1. The fourth-order valence-corrected chi connectivity index (χ4v) is 1.78. The maximum Gasteiger partial charge on any atom is 0.321 e. The lowest BCUT2D eigenvalue weighted by Gasteiger charge is -2.21. The number of hydrogen-bond acceptors (Lipinski definition) is 2. The van der Waals surface area contributed by atoms with E-state index in [1.807, 2.05) is 39.0 Å². The van der Waals surface area contributed by atoms with Crippen LogP contribution in [0.1, 0.15) is 24.5 Å². The molecule has 1 aromatic rings. The molecule has 0 atom stereocenters. The van der Waals surface area contributed by atoms with E-state index in [1.54, 1.807) is 0 Å². The molecule has 0 spiro atoms. The number of hydrogen-bond donors (Lipinski definition) is 2. The Kier molecular flexibility index (Phi) is 5.36. The Morgan fingerprint density at radius 1 is 1.32 bits per heavy atom. The van der Waals surface area contributed by atoms with Gasteiger partial charge in [-0.3, -0.25) is 4.79 Å². The lowest BCUT2D eigenvalue weighted by molar-refractivity contribution is -0.137. The van der Waals surface area contributed by atoms with E-state index in [2.05, 4.69) is 5.32 Å². The second kappa shape index (κ2) is 6.78. The van der Waals surface area contributed by atoms with Crippen molar-refractivity contribution in [1.82, 2.24) is 4.90 Å². The highest BCUT2D eigenvalue weighted by Gasteiger charge is 2.13. The van der Waals surface area contributed by atoms with Crippen molar-refractivity contribution in [2.24, 2.45) is 0 Å². The lowest BCUT2D eigenvalue weighted by atomic mass is 10.1. The van der Waals surface area contributed by atoms with Gasteiger partial charge in [-0.25, -0.2) is 4.79 Å². The van der Waals surface area contributed by atoms with Crippen LogP contribution >= 0.6 is 0 Å². The molecule has 0 saturated heterocycles. The number of benzene rings is 1. The molecule has 2 amide bonds. The molecule has 0 heterocycles. The Morgan fingerprint density at radius 2 is 2.00 bits per heavy atom. The summed E-state index contributed by atoms with van der Waals surface area (Å²) in [5, 5.41) is 11.5. The van der Waals surface area contributed by atoms with Gasteiger partial charge in [-0.15, -0.1) is 0 Å². The van der Waals surface area contributed by atoms with Crippen LogP contribution in [0.15, 0.2) is 18.2 Å². The smallest absolute Gasteiger partial charge is 0.321 e. The van der Waals surface area contributed by atoms with Crippen molar-refractivity contribution in [3.8, 4) is 0 Å². The average molecular weight is 264 g/mol. The molecule has 0 aromatic heterocycles. The SMILES string of the molecule is CCN(CCC(=O)O)C(=O)Nc1ccc(C)cc1C. The lowest BCUT2D eigenvalue weighted by Crippen LogP contribution is -2.36. The quantitative estimate of drug-likeness (QED) is 0.859. The van der Waals surface area contributed by atoms with Crippen molar-refractivity contribution in [3.63, 3.8) is 0 Å². The number of carboxylic acid groups (broad SMARTS) is 1. The van der Waals surface area contributed by atoms with Crippen molar-refractivity contribution >= 4 is 17.7 Å². The van der Waals surface area contributed by atoms with Gasteiger partial charge in [-0.1, -0.05) is 17.7 Å². The van der Waals surface area contributed by atoms with Crippen molar-refractivity contribution < 1.29 is 14.7 Å². The number of urea groups is 1. The number of nitrogens with one attached hydrogen (secondary N) is 1. The van der Waals surface area contributed by atoms with Gasteiger partial charge >= 0.3 is 12.0 Å². The molecule has 0 unspecified atom stereocenters. The first-order chi connectivity index (χ1) is 8.93. The number of rotatable bonds is 5. The molecule has 104 valence electrons. The number of carboxylic acids is 1. The molecular weight excluding hydrogens is 244 g/mol. The van der Waals surface area contributed by atoms with E-state index >= 15 is 0 Å². The molecule has 0 radical (unpaired) electrons. The second-order valence-corrected chi connectivity index (χ2v) is 4.47. The van der Waals surface area contributed by atoms with Crippen LogP contribution in [-0.4, -0.2) is 35.1 Å². The van der Waals surface area contributed by atoms with Crippen LogP contribution in [0.5, 0.6) is 0 Å². The fourth-order valence-electron chi connectivity index (χ4n) is 1.78. The normalized spacial score (nSPS) is 10.1. The minimum Gasteiger partial charge on any atom is -0.481 e. The van der Waals surface area contributed by atoms with Gasteiger partial charge in [0.05, 0.1) is 6.42 Å². The monoisotopic (exact) mass is 264 g/mol. The first-order valence-electron chi connectivity index (χ1n) is 6.29. The van der Waals surface area contributed by atoms with Crippen LogP contribution in [0.25, 0.3) is 0 Å². The van der Waals surface area contributed by atoms with Crippen LogP contribution in [0.4, 0.5) is 10.5 Å². The van der Waals surface area contributed by atoms with Gasteiger partial charge in [0.25, 0.3) is 0 Å². The third-order valence-corrected chi connectivity index (χ3v) is 2.89. The van der Waals surface area contributed by atoms with E-state index in [4.69, 9.17) is 5.11 Å². The van der Waals surface area contributed by atoms with Crippen molar-refractivity contribution in [2.45, 2.75) is 27.2 Å². The summed E-state index contributed by atoms with van der Waals surface area (Å²) in [4.78, 5) is 24.0. The highest BCUT2D eigenvalue weighted by molar-refractivity contribution is 5.90. The van der Waals surface area contributed by atoms with Crippen molar-refractivity contribution in [1.29, 1.82) is 0 Å². The zero-order valence-electron chi connectivity index (χ0n) is 11.6. The molecular formula is C14H20N2O3. The van der Waals surface area contributed by atoms with E-state index in [9.17, 15) is 9.59 Å². The number of carbonyl (C=O) groups is 2. The molecule has 0 aliphatic carbocycles. The molecule has 0 bridgehead atoms. The minimum absolute atomic E-state index is 0.0475. The standard InChI is InChI=1S/C14H20N2O3/c1-4-16(8-7-13(17)18)14(19)15-12-6-5-10(2)9-11(12)3/h5-6,9H,4,7-8H2,1-3H3,(H,15,19)(H,17,18). The topological polar surface area (TPSA) is 69.6 Å².